The minimum atomic E-state index is -1.45. The van der Waals surface area contributed by atoms with Gasteiger partial charge in [0.1, 0.15) is 0 Å². The molecular weight excluding hydrogens is 616 g/mol. The molecule has 246 valence electrons. The predicted molar refractivity (Wildman–Crippen MR) is 152 cm³/mol. The first-order chi connectivity index (χ1) is 22.0. The number of ether oxygens (including phenoxy) is 9. The molecular formula is C30H29O16-. The van der Waals surface area contributed by atoms with Crippen molar-refractivity contribution in [3.8, 4) is 23.0 Å². The maximum atomic E-state index is 12.2. The third-order valence-electron chi connectivity index (χ3n) is 5.48. The molecule has 0 bridgehead atoms. The molecule has 46 heavy (non-hydrogen) atoms. The number of esters is 1. The summed E-state index contributed by atoms with van der Waals surface area (Å²) in [6.45, 7) is -0.0389. The number of unbranched alkanes of at least 4 members (excludes halogenated alkanes) is 1. The molecule has 0 aliphatic carbocycles. The lowest BCUT2D eigenvalue weighted by Crippen LogP contribution is -2.24. The average molecular weight is 646 g/mol. The van der Waals surface area contributed by atoms with Crippen molar-refractivity contribution >= 4 is 48.7 Å². The lowest BCUT2D eigenvalue weighted by molar-refractivity contribution is -0.299. The van der Waals surface area contributed by atoms with Gasteiger partial charge in [-0.2, -0.15) is 0 Å². The molecule has 0 saturated heterocycles. The number of carboxylic acid groups (broad SMARTS) is 1. The molecule has 2 rings (SSSR count). The molecule has 0 unspecified atom stereocenters. The van der Waals surface area contributed by atoms with Gasteiger partial charge in [-0.3, -0.25) is 0 Å². The fraction of sp³-hybridized carbons (Fsp3) is 0.267. The summed E-state index contributed by atoms with van der Waals surface area (Å²) in [5.41, 5.74) is 0.542. The van der Waals surface area contributed by atoms with E-state index in [1.807, 2.05) is 0 Å². The van der Waals surface area contributed by atoms with Crippen molar-refractivity contribution in [2.75, 3.05) is 35.0 Å². The van der Waals surface area contributed by atoms with Gasteiger partial charge < -0.3 is 52.5 Å². The molecule has 0 heterocycles. The average Bonchev–Trinajstić information content (AvgIpc) is 3.04. The van der Waals surface area contributed by atoms with Gasteiger partial charge in [-0.05, 0) is 72.4 Å². The second kappa shape index (κ2) is 18.6. The van der Waals surface area contributed by atoms with Crippen molar-refractivity contribution in [3.63, 3.8) is 0 Å². The fourth-order valence-corrected chi connectivity index (χ4v) is 3.33. The number of carbonyl (C=O) groups is 6. The van der Waals surface area contributed by atoms with E-state index in [2.05, 4.69) is 18.9 Å². The Morgan fingerprint density at radius 3 is 1.57 bits per heavy atom. The molecule has 0 atom stereocenters. The van der Waals surface area contributed by atoms with E-state index in [0.717, 1.165) is 34.5 Å². The fourth-order valence-electron chi connectivity index (χ4n) is 3.33. The number of aliphatic carboxylic acids is 1. The maximum Gasteiger partial charge on any atom is 0.513 e. The lowest BCUT2D eigenvalue weighted by Gasteiger charge is -2.12. The Morgan fingerprint density at radius 1 is 0.630 bits per heavy atom. The highest BCUT2D eigenvalue weighted by atomic mass is 16.8. The number of rotatable bonds is 13. The summed E-state index contributed by atoms with van der Waals surface area (Å²) in [5, 5.41) is 11.7. The summed E-state index contributed by atoms with van der Waals surface area (Å²) >= 11 is 0. The summed E-state index contributed by atoms with van der Waals surface area (Å²) in [6.07, 6.45) is 0.0349. The molecule has 2 aromatic rings. The number of hydrogen-bond acceptors (Lipinski definition) is 16. The molecule has 0 saturated carbocycles. The minimum Gasteiger partial charge on any atom is -0.545 e. The van der Waals surface area contributed by atoms with Crippen LogP contribution in [-0.2, 0) is 33.3 Å². The van der Waals surface area contributed by atoms with Gasteiger partial charge in [-0.25, -0.2) is 24.0 Å². The monoisotopic (exact) mass is 645 g/mol. The molecule has 0 aromatic heterocycles. The van der Waals surface area contributed by atoms with E-state index in [-0.39, 0.29) is 47.2 Å². The topological polar surface area (TPSA) is 209 Å². The van der Waals surface area contributed by atoms with Crippen molar-refractivity contribution < 1.29 is 76.5 Å². The molecule has 16 heteroatoms. The molecule has 0 amide bonds. The number of hydrogen-bond donors (Lipinski definition) is 0. The van der Waals surface area contributed by atoms with Gasteiger partial charge in [0, 0.05) is 6.08 Å². The zero-order valence-corrected chi connectivity index (χ0v) is 25.1. The smallest absolute Gasteiger partial charge is 0.513 e. The minimum absolute atomic E-state index is 0.0340. The number of benzene rings is 2. The summed E-state index contributed by atoms with van der Waals surface area (Å²) < 4.78 is 42.6. The second-order valence-electron chi connectivity index (χ2n) is 8.55. The Labute approximate surface area is 261 Å². The predicted octanol–water partition coefficient (Wildman–Crippen LogP) is 3.83. The Kier molecular flexibility index (Phi) is 14.6. The Balaban J connectivity index is 1.99. The van der Waals surface area contributed by atoms with Gasteiger partial charge in [0.2, 0.25) is 0 Å². The van der Waals surface area contributed by atoms with Crippen LogP contribution in [0.3, 0.4) is 0 Å². The molecule has 2 aromatic carbocycles. The van der Waals surface area contributed by atoms with Crippen LogP contribution >= 0.6 is 0 Å². The quantitative estimate of drug-likeness (QED) is 0.0996. The van der Waals surface area contributed by atoms with E-state index in [4.69, 9.17) is 23.7 Å². The summed E-state index contributed by atoms with van der Waals surface area (Å²) in [5.74, 6) is -2.90. The first-order valence-corrected chi connectivity index (χ1v) is 13.1. The van der Waals surface area contributed by atoms with E-state index < -0.39 is 36.6 Å². The molecule has 0 fully saturated rings. The number of methoxy groups -OCH3 is 4. The van der Waals surface area contributed by atoms with E-state index in [0.29, 0.717) is 18.4 Å². The van der Waals surface area contributed by atoms with E-state index in [1.54, 1.807) is 0 Å². The standard InChI is InChI=1S/C30H30O16/c1-38-27(34)43-21-11-8-18(16-23(21)45-29(36)40-3)10-13-25(31)42-14-6-5-7-20(26(32)33)15-19-9-12-22(44-28(35)39-2)24(17-19)46-30(37)41-4/h8-13,15-17H,5-7,14H2,1-4H3,(H,32,33)/p-1/b13-10+,20-15-. The third kappa shape index (κ3) is 12.3. The van der Waals surface area contributed by atoms with Crippen LogP contribution < -0.4 is 24.1 Å². The Bertz CT molecular complexity index is 1490. The van der Waals surface area contributed by atoms with E-state index >= 15 is 0 Å². The van der Waals surface area contributed by atoms with Crippen LogP contribution in [0.5, 0.6) is 23.0 Å². The van der Waals surface area contributed by atoms with Crippen LogP contribution in [0.4, 0.5) is 19.2 Å². The van der Waals surface area contributed by atoms with Crippen molar-refractivity contribution in [2.45, 2.75) is 19.3 Å². The second-order valence-corrected chi connectivity index (χ2v) is 8.55. The summed E-state index contributed by atoms with van der Waals surface area (Å²) in [7, 11) is 4.33. The van der Waals surface area contributed by atoms with Gasteiger partial charge in [0.15, 0.2) is 23.0 Å². The van der Waals surface area contributed by atoms with Crippen molar-refractivity contribution in [3.05, 3.63) is 59.2 Å². The molecule has 0 aliphatic rings. The highest BCUT2D eigenvalue weighted by molar-refractivity contribution is 5.91. The van der Waals surface area contributed by atoms with Crippen LogP contribution in [0.1, 0.15) is 30.4 Å². The van der Waals surface area contributed by atoms with Gasteiger partial charge in [0.05, 0.1) is 41.0 Å². The first kappa shape index (κ1) is 36.1. The molecule has 0 aliphatic heterocycles. The number of carboxylic acids is 1. The molecule has 0 radical (unpaired) electrons. The van der Waals surface area contributed by atoms with Crippen LogP contribution in [0, 0.1) is 0 Å². The van der Waals surface area contributed by atoms with Gasteiger partial charge >= 0.3 is 30.6 Å². The first-order valence-electron chi connectivity index (χ1n) is 13.1. The summed E-state index contributed by atoms with van der Waals surface area (Å²) in [6, 6.07) is 7.99. The highest BCUT2D eigenvalue weighted by Gasteiger charge is 2.16. The largest absolute Gasteiger partial charge is 0.545 e. The Hall–Kier alpha value is -6.06. The van der Waals surface area contributed by atoms with E-state index in [9.17, 15) is 33.9 Å². The normalized spacial score (nSPS) is 10.7. The highest BCUT2D eigenvalue weighted by Crippen LogP contribution is 2.31. The van der Waals surface area contributed by atoms with Crippen LogP contribution in [0.2, 0.25) is 0 Å². The molecule has 16 nitrogen and oxygen atoms in total. The maximum absolute atomic E-state index is 12.2. The van der Waals surface area contributed by atoms with Crippen LogP contribution in [0.25, 0.3) is 12.2 Å². The van der Waals surface area contributed by atoms with Crippen molar-refractivity contribution in [1.82, 2.24) is 0 Å². The zero-order valence-electron chi connectivity index (χ0n) is 25.1. The van der Waals surface area contributed by atoms with Gasteiger partial charge in [0.25, 0.3) is 0 Å². The SMILES string of the molecule is COC(=O)Oc1ccc(/C=C(/CCCCOC(=O)/C=C/c2ccc(OC(=O)OC)c(OC(=O)OC)c2)C(=O)[O-])cc1OC(=O)OC. The Morgan fingerprint density at radius 2 is 1.09 bits per heavy atom. The van der Waals surface area contributed by atoms with E-state index in [1.165, 1.54) is 48.6 Å². The zero-order chi connectivity index (χ0) is 34.1. The summed E-state index contributed by atoms with van der Waals surface area (Å²) in [4.78, 5) is 69.9. The van der Waals surface area contributed by atoms with Crippen molar-refractivity contribution in [1.29, 1.82) is 0 Å². The third-order valence-corrected chi connectivity index (χ3v) is 5.48. The van der Waals surface area contributed by atoms with Gasteiger partial charge in [-0.1, -0.05) is 12.1 Å². The van der Waals surface area contributed by atoms with Crippen LogP contribution in [-0.4, -0.2) is 71.6 Å². The molecule has 0 spiro atoms. The van der Waals surface area contributed by atoms with Gasteiger partial charge in [-0.15, -0.1) is 0 Å². The lowest BCUT2D eigenvalue weighted by atomic mass is 10.0. The number of carbonyl (C=O) groups excluding carboxylic acids is 6. The van der Waals surface area contributed by atoms with Crippen LogP contribution in [0.15, 0.2) is 48.0 Å². The molecule has 0 N–H and O–H groups in total. The van der Waals surface area contributed by atoms with Crippen molar-refractivity contribution in [2.24, 2.45) is 0 Å².